The fourth-order valence-corrected chi connectivity index (χ4v) is 1.41. The molecule has 0 radical (unpaired) electrons. The van der Waals surface area contributed by atoms with Crippen molar-refractivity contribution >= 4 is 5.97 Å². The van der Waals surface area contributed by atoms with Crippen molar-refractivity contribution in [1.29, 1.82) is 0 Å². The predicted molar refractivity (Wildman–Crippen MR) is 59.1 cm³/mol. The lowest BCUT2D eigenvalue weighted by atomic mass is 10.1. The Hall–Kier alpha value is -1.39. The standard InChI is InChI=1S/C12H16O4/c1-2-16-11(12(14)15)7-9-3-5-10(8-13)6-4-9/h3-6,11,13H,2,7-8H2,1H3,(H,14,15). The third-order valence-electron chi connectivity index (χ3n) is 2.27. The van der Waals surface area contributed by atoms with Crippen LogP contribution in [0.15, 0.2) is 24.3 Å². The predicted octanol–water partition coefficient (Wildman–Crippen LogP) is 1.21. The van der Waals surface area contributed by atoms with Crippen molar-refractivity contribution in [1.82, 2.24) is 0 Å². The van der Waals surface area contributed by atoms with Crippen molar-refractivity contribution in [2.24, 2.45) is 0 Å². The number of aliphatic hydroxyl groups is 1. The van der Waals surface area contributed by atoms with E-state index in [2.05, 4.69) is 0 Å². The molecular weight excluding hydrogens is 208 g/mol. The van der Waals surface area contributed by atoms with E-state index < -0.39 is 12.1 Å². The van der Waals surface area contributed by atoms with Gasteiger partial charge in [-0.15, -0.1) is 0 Å². The van der Waals surface area contributed by atoms with Gasteiger partial charge in [-0.05, 0) is 18.1 Å². The lowest BCUT2D eigenvalue weighted by Gasteiger charge is -2.12. The normalized spacial score (nSPS) is 12.4. The van der Waals surface area contributed by atoms with E-state index in [1.165, 1.54) is 0 Å². The summed E-state index contributed by atoms with van der Waals surface area (Å²) in [6, 6.07) is 7.17. The Balaban J connectivity index is 2.65. The quantitative estimate of drug-likeness (QED) is 0.762. The van der Waals surface area contributed by atoms with Gasteiger partial charge in [0.25, 0.3) is 0 Å². The van der Waals surface area contributed by atoms with Gasteiger partial charge in [0, 0.05) is 13.0 Å². The molecule has 1 atom stereocenters. The molecule has 0 aromatic heterocycles. The summed E-state index contributed by atoms with van der Waals surface area (Å²) in [7, 11) is 0. The van der Waals surface area contributed by atoms with Gasteiger partial charge in [-0.2, -0.15) is 0 Å². The van der Waals surface area contributed by atoms with E-state index in [0.29, 0.717) is 13.0 Å². The van der Waals surface area contributed by atoms with E-state index in [9.17, 15) is 4.79 Å². The molecule has 0 aliphatic rings. The van der Waals surface area contributed by atoms with Crippen LogP contribution in [0, 0.1) is 0 Å². The van der Waals surface area contributed by atoms with Crippen molar-refractivity contribution in [3.8, 4) is 0 Å². The van der Waals surface area contributed by atoms with E-state index >= 15 is 0 Å². The van der Waals surface area contributed by atoms with Crippen LogP contribution in [0.4, 0.5) is 0 Å². The van der Waals surface area contributed by atoms with Crippen LogP contribution in [0.5, 0.6) is 0 Å². The zero-order chi connectivity index (χ0) is 12.0. The second kappa shape index (κ2) is 6.25. The van der Waals surface area contributed by atoms with Gasteiger partial charge in [0.15, 0.2) is 6.10 Å². The van der Waals surface area contributed by atoms with Crippen LogP contribution in [0.1, 0.15) is 18.1 Å². The second-order valence-corrected chi connectivity index (χ2v) is 3.46. The van der Waals surface area contributed by atoms with E-state index in [0.717, 1.165) is 11.1 Å². The first-order chi connectivity index (χ1) is 7.67. The molecular formula is C12H16O4. The minimum atomic E-state index is -0.951. The molecule has 1 aromatic rings. The number of carbonyl (C=O) groups is 1. The van der Waals surface area contributed by atoms with Crippen LogP contribution in [0.25, 0.3) is 0 Å². The van der Waals surface area contributed by atoms with E-state index in [1.807, 2.05) is 0 Å². The smallest absolute Gasteiger partial charge is 0.333 e. The fourth-order valence-electron chi connectivity index (χ4n) is 1.41. The first-order valence-electron chi connectivity index (χ1n) is 5.20. The lowest BCUT2D eigenvalue weighted by molar-refractivity contribution is -0.149. The molecule has 2 N–H and O–H groups in total. The Morgan fingerprint density at radius 2 is 1.88 bits per heavy atom. The highest BCUT2D eigenvalue weighted by molar-refractivity contribution is 5.72. The van der Waals surface area contributed by atoms with Crippen LogP contribution in [0.2, 0.25) is 0 Å². The Morgan fingerprint density at radius 1 is 1.31 bits per heavy atom. The molecule has 0 saturated carbocycles. The Bertz CT molecular complexity index is 331. The number of hydrogen-bond donors (Lipinski definition) is 2. The van der Waals surface area contributed by atoms with Crippen LogP contribution in [-0.4, -0.2) is 28.9 Å². The summed E-state index contributed by atoms with van der Waals surface area (Å²) in [6.07, 6.45) is -0.459. The van der Waals surface area contributed by atoms with Crippen LogP contribution >= 0.6 is 0 Å². The molecule has 0 bridgehead atoms. The summed E-state index contributed by atoms with van der Waals surface area (Å²) in [6.45, 7) is 2.14. The maximum Gasteiger partial charge on any atom is 0.333 e. The van der Waals surface area contributed by atoms with E-state index in [1.54, 1.807) is 31.2 Å². The average Bonchev–Trinajstić information content (AvgIpc) is 2.29. The molecule has 16 heavy (non-hydrogen) atoms. The number of aliphatic hydroxyl groups excluding tert-OH is 1. The highest BCUT2D eigenvalue weighted by Crippen LogP contribution is 2.09. The summed E-state index contributed by atoms with van der Waals surface area (Å²) in [5.74, 6) is -0.951. The third-order valence-corrected chi connectivity index (χ3v) is 2.27. The first-order valence-corrected chi connectivity index (χ1v) is 5.20. The SMILES string of the molecule is CCOC(Cc1ccc(CO)cc1)C(=O)O. The molecule has 0 amide bonds. The first kappa shape index (κ1) is 12.7. The number of rotatable bonds is 6. The molecule has 0 fully saturated rings. The maximum absolute atomic E-state index is 10.9. The van der Waals surface area contributed by atoms with Gasteiger partial charge in [0.05, 0.1) is 6.61 Å². The van der Waals surface area contributed by atoms with Crippen molar-refractivity contribution < 1.29 is 19.7 Å². The van der Waals surface area contributed by atoms with Gasteiger partial charge in [-0.3, -0.25) is 0 Å². The molecule has 0 heterocycles. The molecule has 1 aromatic carbocycles. The summed E-state index contributed by atoms with van der Waals surface area (Å²) < 4.78 is 5.11. The molecule has 0 saturated heterocycles. The van der Waals surface area contributed by atoms with Gasteiger partial charge in [-0.1, -0.05) is 24.3 Å². The highest BCUT2D eigenvalue weighted by atomic mass is 16.5. The number of carboxylic acid groups (broad SMARTS) is 1. The minimum Gasteiger partial charge on any atom is -0.479 e. The Labute approximate surface area is 94.5 Å². The van der Waals surface area contributed by atoms with Crippen molar-refractivity contribution in [3.63, 3.8) is 0 Å². The van der Waals surface area contributed by atoms with Gasteiger partial charge >= 0.3 is 5.97 Å². The second-order valence-electron chi connectivity index (χ2n) is 3.46. The lowest BCUT2D eigenvalue weighted by Crippen LogP contribution is -2.26. The molecule has 0 aliphatic heterocycles. The van der Waals surface area contributed by atoms with Crippen molar-refractivity contribution in [2.45, 2.75) is 26.1 Å². The topological polar surface area (TPSA) is 66.8 Å². The van der Waals surface area contributed by atoms with Crippen LogP contribution in [0.3, 0.4) is 0 Å². The zero-order valence-electron chi connectivity index (χ0n) is 9.22. The van der Waals surface area contributed by atoms with Gasteiger partial charge < -0.3 is 14.9 Å². The number of ether oxygens (including phenoxy) is 1. The van der Waals surface area contributed by atoms with Gasteiger partial charge in [-0.25, -0.2) is 4.79 Å². The molecule has 0 spiro atoms. The van der Waals surface area contributed by atoms with E-state index in [4.69, 9.17) is 14.9 Å². The van der Waals surface area contributed by atoms with Crippen LogP contribution in [-0.2, 0) is 22.6 Å². The zero-order valence-corrected chi connectivity index (χ0v) is 9.22. The van der Waals surface area contributed by atoms with Gasteiger partial charge in [0.2, 0.25) is 0 Å². The monoisotopic (exact) mass is 224 g/mol. The highest BCUT2D eigenvalue weighted by Gasteiger charge is 2.17. The summed E-state index contributed by atoms with van der Waals surface area (Å²) in [5, 5.41) is 17.8. The fraction of sp³-hybridized carbons (Fsp3) is 0.417. The maximum atomic E-state index is 10.9. The summed E-state index contributed by atoms with van der Waals surface area (Å²) >= 11 is 0. The average molecular weight is 224 g/mol. The number of hydrogen-bond acceptors (Lipinski definition) is 3. The summed E-state index contributed by atoms with van der Waals surface area (Å²) in [4.78, 5) is 10.9. The Kier molecular flexibility index (Phi) is 4.95. The Morgan fingerprint density at radius 3 is 2.31 bits per heavy atom. The molecule has 1 rings (SSSR count). The molecule has 4 heteroatoms. The number of aliphatic carboxylic acids is 1. The number of benzene rings is 1. The molecule has 0 aliphatic carbocycles. The van der Waals surface area contributed by atoms with Crippen molar-refractivity contribution in [3.05, 3.63) is 35.4 Å². The minimum absolute atomic E-state index is 0.00585. The van der Waals surface area contributed by atoms with Gasteiger partial charge in [0.1, 0.15) is 0 Å². The van der Waals surface area contributed by atoms with Crippen LogP contribution < -0.4 is 0 Å². The van der Waals surface area contributed by atoms with Crippen molar-refractivity contribution in [2.75, 3.05) is 6.61 Å². The molecule has 88 valence electrons. The molecule has 1 unspecified atom stereocenters. The summed E-state index contributed by atoms with van der Waals surface area (Å²) in [5.41, 5.74) is 1.70. The number of carboxylic acids is 1. The third kappa shape index (κ3) is 3.64. The van der Waals surface area contributed by atoms with E-state index in [-0.39, 0.29) is 6.61 Å². The molecule has 4 nitrogen and oxygen atoms in total. The largest absolute Gasteiger partial charge is 0.479 e.